The monoisotopic (exact) mass is 857 g/mol. The number of hydrogen-bond acceptors (Lipinski definition) is 0. The molecule has 0 fully saturated rings. The first-order valence-corrected chi connectivity index (χ1v) is 24.3. The summed E-state index contributed by atoms with van der Waals surface area (Å²) in [5.41, 5.74) is 15.4. The Hall–Kier alpha value is -7.28. The molecule has 2 aliphatic rings. The summed E-state index contributed by atoms with van der Waals surface area (Å²) in [5, 5.41) is 5.10. The first-order valence-electron chi connectivity index (χ1n) is 24.3. The standard InChI is InChI=1S/C33H22.C25H18.4C2H6/c1-3-11-25-21-27(19-17-23(25)9-1)33(28-20-18-24-10-2-4-12-26(24)22-28)31-15-7-5-13-29(31)30-14-6-8-16-32(30)33;1-3-11-19(12-4-1)25(20-13-5-2-6-14-20)23-17-9-7-15-21(23)22-16-8-10-18-24(22)25;4*1-2/h1-22H;1-18H;4*1-2H3. The summed E-state index contributed by atoms with van der Waals surface area (Å²) in [6.45, 7) is 16.0. The van der Waals surface area contributed by atoms with Crippen LogP contribution in [0.5, 0.6) is 0 Å². The Morgan fingerprint density at radius 3 is 0.758 bits per heavy atom. The lowest BCUT2D eigenvalue weighted by molar-refractivity contribution is 0.768. The third-order valence-electron chi connectivity index (χ3n) is 12.7. The molecule has 0 saturated carbocycles. The van der Waals surface area contributed by atoms with Crippen LogP contribution in [-0.2, 0) is 10.8 Å². The van der Waals surface area contributed by atoms with Crippen molar-refractivity contribution in [1.82, 2.24) is 0 Å². The van der Waals surface area contributed by atoms with Gasteiger partial charge in [0.25, 0.3) is 0 Å². The fourth-order valence-corrected chi connectivity index (χ4v) is 10.3. The molecule has 0 bridgehead atoms. The normalized spacial score (nSPS) is 12.5. The minimum Gasteiger partial charge on any atom is -0.0683 e. The van der Waals surface area contributed by atoms with Crippen molar-refractivity contribution in [2.45, 2.75) is 66.2 Å². The van der Waals surface area contributed by atoms with Crippen molar-refractivity contribution in [2.24, 2.45) is 0 Å². The average molecular weight is 857 g/mol. The maximum atomic E-state index is 2.39. The molecule has 328 valence electrons. The lowest BCUT2D eigenvalue weighted by atomic mass is 9.67. The van der Waals surface area contributed by atoms with Crippen LogP contribution in [0.1, 0.15) is 99.9 Å². The zero-order valence-corrected chi connectivity index (χ0v) is 40.1. The summed E-state index contributed by atoms with van der Waals surface area (Å²) in [6.07, 6.45) is 0. The van der Waals surface area contributed by atoms with E-state index in [1.54, 1.807) is 0 Å². The Kier molecular flexibility index (Phi) is 15.3. The fourth-order valence-electron chi connectivity index (χ4n) is 10.3. The molecule has 0 heterocycles. The van der Waals surface area contributed by atoms with Gasteiger partial charge in [0.15, 0.2) is 0 Å². The van der Waals surface area contributed by atoms with Gasteiger partial charge in [-0.2, -0.15) is 0 Å². The van der Waals surface area contributed by atoms with Gasteiger partial charge in [0.05, 0.1) is 10.8 Å². The molecule has 0 aliphatic heterocycles. The van der Waals surface area contributed by atoms with Crippen LogP contribution in [0.2, 0.25) is 0 Å². The molecule has 0 unspecified atom stereocenters. The van der Waals surface area contributed by atoms with E-state index in [9.17, 15) is 0 Å². The van der Waals surface area contributed by atoms with E-state index in [2.05, 4.69) is 243 Å². The quantitative estimate of drug-likeness (QED) is 0.165. The Morgan fingerprint density at radius 1 is 0.197 bits per heavy atom. The highest BCUT2D eigenvalue weighted by Crippen LogP contribution is 2.57. The third-order valence-corrected chi connectivity index (χ3v) is 12.7. The van der Waals surface area contributed by atoms with E-state index in [-0.39, 0.29) is 10.8 Å². The number of hydrogen-bond donors (Lipinski definition) is 0. The Morgan fingerprint density at radius 2 is 0.439 bits per heavy atom. The van der Waals surface area contributed by atoms with Gasteiger partial charge in [0, 0.05) is 0 Å². The maximum Gasteiger partial charge on any atom is 0.0714 e. The number of benzene rings is 10. The molecular weight excluding hydrogens is 793 g/mol. The lowest BCUT2D eigenvalue weighted by Gasteiger charge is -2.34. The van der Waals surface area contributed by atoms with Crippen LogP contribution in [0.15, 0.2) is 243 Å². The van der Waals surface area contributed by atoms with E-state index in [0.29, 0.717) is 0 Å². The molecule has 0 N–H and O–H groups in total. The number of fused-ring (bicyclic) bond motifs is 8. The van der Waals surface area contributed by atoms with Crippen molar-refractivity contribution < 1.29 is 0 Å². The fraction of sp³-hybridized carbons (Fsp3) is 0.152. The summed E-state index contributed by atoms with van der Waals surface area (Å²) in [7, 11) is 0. The van der Waals surface area contributed by atoms with E-state index >= 15 is 0 Å². The first kappa shape index (κ1) is 46.7. The van der Waals surface area contributed by atoms with Gasteiger partial charge < -0.3 is 0 Å². The van der Waals surface area contributed by atoms with Crippen LogP contribution in [0.3, 0.4) is 0 Å². The molecule has 0 heteroatoms. The van der Waals surface area contributed by atoms with Crippen molar-refractivity contribution in [2.75, 3.05) is 0 Å². The molecule has 12 rings (SSSR count). The Balaban J connectivity index is 0.000000176. The minimum absolute atomic E-state index is 0.254. The average Bonchev–Trinajstić information content (AvgIpc) is 3.90. The highest BCUT2D eigenvalue weighted by molar-refractivity contribution is 5.92. The summed E-state index contributed by atoms with van der Waals surface area (Å²) in [4.78, 5) is 0. The molecule has 10 aromatic rings. The molecule has 0 amide bonds. The van der Waals surface area contributed by atoms with Crippen LogP contribution in [0, 0.1) is 0 Å². The van der Waals surface area contributed by atoms with Crippen molar-refractivity contribution >= 4 is 21.5 Å². The van der Waals surface area contributed by atoms with Crippen molar-refractivity contribution in [3.8, 4) is 22.3 Å². The molecule has 0 nitrogen and oxygen atoms in total. The lowest BCUT2D eigenvalue weighted by Crippen LogP contribution is -2.28. The van der Waals surface area contributed by atoms with Gasteiger partial charge in [-0.25, -0.2) is 0 Å². The summed E-state index contributed by atoms with van der Waals surface area (Å²) >= 11 is 0. The van der Waals surface area contributed by atoms with E-state index in [4.69, 9.17) is 0 Å². The highest BCUT2D eigenvalue weighted by Gasteiger charge is 2.47. The van der Waals surface area contributed by atoms with Crippen LogP contribution in [-0.4, -0.2) is 0 Å². The zero-order chi connectivity index (χ0) is 46.5. The third kappa shape index (κ3) is 7.96. The van der Waals surface area contributed by atoms with Crippen molar-refractivity contribution in [3.63, 3.8) is 0 Å². The molecule has 66 heavy (non-hydrogen) atoms. The van der Waals surface area contributed by atoms with Crippen LogP contribution in [0.4, 0.5) is 0 Å². The smallest absolute Gasteiger partial charge is 0.0683 e. The molecule has 2 aliphatic carbocycles. The molecule has 0 spiro atoms. The summed E-state index contributed by atoms with van der Waals surface area (Å²) in [6, 6.07) is 88.6. The molecule has 0 atom stereocenters. The van der Waals surface area contributed by atoms with Gasteiger partial charge in [0.1, 0.15) is 0 Å². The predicted molar refractivity (Wildman–Crippen MR) is 288 cm³/mol. The van der Waals surface area contributed by atoms with Crippen LogP contribution >= 0.6 is 0 Å². The number of rotatable bonds is 4. The van der Waals surface area contributed by atoms with E-state index < -0.39 is 0 Å². The largest absolute Gasteiger partial charge is 0.0714 e. The van der Waals surface area contributed by atoms with E-state index in [0.717, 1.165) is 0 Å². The van der Waals surface area contributed by atoms with Gasteiger partial charge in [-0.1, -0.05) is 286 Å². The Labute approximate surface area is 395 Å². The Bertz CT molecular complexity index is 2900. The second kappa shape index (κ2) is 21.6. The summed E-state index contributed by atoms with van der Waals surface area (Å²) < 4.78 is 0. The van der Waals surface area contributed by atoms with Gasteiger partial charge in [-0.3, -0.25) is 0 Å². The second-order valence-electron chi connectivity index (χ2n) is 15.5. The molecular formula is C66H64. The second-order valence-corrected chi connectivity index (χ2v) is 15.5. The topological polar surface area (TPSA) is 0 Å². The highest BCUT2D eigenvalue weighted by atomic mass is 14.5. The molecule has 10 aromatic carbocycles. The minimum atomic E-state index is -0.360. The van der Waals surface area contributed by atoms with E-state index in [1.165, 1.54) is 88.3 Å². The van der Waals surface area contributed by atoms with Gasteiger partial charge in [0.2, 0.25) is 0 Å². The molecule has 0 aromatic heterocycles. The van der Waals surface area contributed by atoms with Gasteiger partial charge in [-0.05, 0) is 100 Å². The van der Waals surface area contributed by atoms with E-state index in [1.807, 2.05) is 55.4 Å². The SMILES string of the molecule is CC.CC.CC.CC.c1ccc(C2(c3ccccc3)c3ccccc3-c3ccccc32)cc1.c1ccc2c(c1)-c1ccccc1C2(c1ccc2ccccc2c1)c1ccc2ccccc2c1. The van der Waals surface area contributed by atoms with Gasteiger partial charge in [-0.15, -0.1) is 0 Å². The summed E-state index contributed by atoms with van der Waals surface area (Å²) in [5.74, 6) is 0. The van der Waals surface area contributed by atoms with Crippen LogP contribution < -0.4 is 0 Å². The van der Waals surface area contributed by atoms with Crippen molar-refractivity contribution in [1.29, 1.82) is 0 Å². The zero-order valence-electron chi connectivity index (χ0n) is 40.1. The molecule has 0 radical (unpaired) electrons. The first-order chi connectivity index (χ1) is 32.8. The molecule has 0 saturated heterocycles. The maximum absolute atomic E-state index is 2.39. The van der Waals surface area contributed by atoms with Crippen LogP contribution in [0.25, 0.3) is 43.8 Å². The van der Waals surface area contributed by atoms with Gasteiger partial charge >= 0.3 is 0 Å². The van der Waals surface area contributed by atoms with Crippen molar-refractivity contribution in [3.05, 3.63) is 287 Å². The predicted octanol–water partition coefficient (Wildman–Crippen LogP) is 18.5.